The van der Waals surface area contributed by atoms with Gasteiger partial charge >= 0.3 is 12.2 Å². The zero-order valence-corrected chi connectivity index (χ0v) is 11.0. The van der Waals surface area contributed by atoms with Crippen LogP contribution < -0.4 is 10.6 Å². The molecule has 0 saturated carbocycles. The Morgan fingerprint density at radius 2 is 2.14 bits per heavy atom. The van der Waals surface area contributed by atoms with Crippen LogP contribution in [0.25, 0.3) is 0 Å². The summed E-state index contributed by atoms with van der Waals surface area (Å²) in [7, 11) is 0. The van der Waals surface area contributed by atoms with E-state index in [9.17, 15) is 22.4 Å². The second-order valence-corrected chi connectivity index (χ2v) is 4.66. The molecule has 1 aromatic carbocycles. The Hall–Kier alpha value is -1.83. The summed E-state index contributed by atoms with van der Waals surface area (Å²) < 4.78 is 56.3. The van der Waals surface area contributed by atoms with Crippen molar-refractivity contribution in [3.63, 3.8) is 0 Å². The van der Waals surface area contributed by atoms with E-state index in [0.717, 1.165) is 12.8 Å². The average Bonchev–Trinajstić information content (AvgIpc) is 2.91. The fourth-order valence-electron chi connectivity index (χ4n) is 1.98. The van der Waals surface area contributed by atoms with Crippen molar-refractivity contribution in [1.82, 2.24) is 5.32 Å². The quantitative estimate of drug-likeness (QED) is 0.843. The zero-order valence-electron chi connectivity index (χ0n) is 11.0. The first-order valence-electron chi connectivity index (χ1n) is 6.39. The summed E-state index contributed by atoms with van der Waals surface area (Å²) in [5.41, 5.74) is -1.55. The molecule has 116 valence electrons. The van der Waals surface area contributed by atoms with E-state index in [1.807, 2.05) is 0 Å². The molecular formula is C13H14F4N2O2. The van der Waals surface area contributed by atoms with Crippen LogP contribution in [0.4, 0.5) is 28.0 Å². The number of hydrogen-bond acceptors (Lipinski definition) is 2. The lowest BCUT2D eigenvalue weighted by Crippen LogP contribution is -2.35. The molecule has 0 spiro atoms. The van der Waals surface area contributed by atoms with Crippen molar-refractivity contribution in [3.8, 4) is 0 Å². The van der Waals surface area contributed by atoms with Crippen LogP contribution in [0, 0.1) is 5.82 Å². The van der Waals surface area contributed by atoms with Gasteiger partial charge in [0, 0.05) is 13.2 Å². The molecule has 1 aliphatic rings. The van der Waals surface area contributed by atoms with Gasteiger partial charge in [0.15, 0.2) is 0 Å². The summed E-state index contributed by atoms with van der Waals surface area (Å²) in [5, 5.41) is 4.50. The molecule has 2 N–H and O–H groups in total. The molecule has 1 aliphatic heterocycles. The molecule has 2 rings (SSSR count). The molecule has 0 radical (unpaired) electrons. The number of carbonyl (C=O) groups is 1. The lowest BCUT2D eigenvalue weighted by atomic mass is 10.2. The molecule has 1 atom stereocenters. The minimum atomic E-state index is -4.60. The topological polar surface area (TPSA) is 50.4 Å². The predicted octanol–water partition coefficient (Wildman–Crippen LogP) is 3.15. The fourth-order valence-corrected chi connectivity index (χ4v) is 1.98. The van der Waals surface area contributed by atoms with Crippen LogP contribution in [0.3, 0.4) is 0 Å². The summed E-state index contributed by atoms with van der Waals surface area (Å²) in [6, 6.07) is 1.06. The number of benzene rings is 1. The van der Waals surface area contributed by atoms with Crippen LogP contribution in [-0.4, -0.2) is 25.3 Å². The Kier molecular flexibility index (Phi) is 4.66. The molecule has 0 aromatic heterocycles. The number of halogens is 4. The maximum Gasteiger partial charge on any atom is 0.416 e. The van der Waals surface area contributed by atoms with Gasteiger partial charge in [0.05, 0.1) is 17.4 Å². The Morgan fingerprint density at radius 3 is 2.76 bits per heavy atom. The molecular weight excluding hydrogens is 292 g/mol. The van der Waals surface area contributed by atoms with Crippen molar-refractivity contribution in [2.45, 2.75) is 25.1 Å². The predicted molar refractivity (Wildman–Crippen MR) is 67.4 cm³/mol. The highest BCUT2D eigenvalue weighted by Crippen LogP contribution is 2.31. The van der Waals surface area contributed by atoms with E-state index in [0.29, 0.717) is 24.8 Å². The third-order valence-corrected chi connectivity index (χ3v) is 3.06. The Balaban J connectivity index is 1.96. The van der Waals surface area contributed by atoms with Crippen molar-refractivity contribution in [2.75, 3.05) is 18.5 Å². The maximum atomic E-state index is 13.4. The summed E-state index contributed by atoms with van der Waals surface area (Å²) in [6.45, 7) is 0.850. The normalized spacial score (nSPS) is 18.6. The SMILES string of the molecule is O=C(NCC1CCCO1)Nc1cc(C(F)(F)F)ccc1F. The lowest BCUT2D eigenvalue weighted by Gasteiger charge is -2.13. The monoisotopic (exact) mass is 306 g/mol. The van der Waals surface area contributed by atoms with Crippen LogP contribution in [0.1, 0.15) is 18.4 Å². The van der Waals surface area contributed by atoms with Gasteiger partial charge in [0.2, 0.25) is 0 Å². The van der Waals surface area contributed by atoms with Crippen molar-refractivity contribution in [2.24, 2.45) is 0 Å². The van der Waals surface area contributed by atoms with Crippen LogP contribution in [0.15, 0.2) is 18.2 Å². The van der Waals surface area contributed by atoms with E-state index in [-0.39, 0.29) is 12.6 Å². The maximum absolute atomic E-state index is 13.4. The van der Waals surface area contributed by atoms with Crippen LogP contribution in [-0.2, 0) is 10.9 Å². The van der Waals surface area contributed by atoms with Crippen molar-refractivity contribution in [1.29, 1.82) is 0 Å². The van der Waals surface area contributed by atoms with Crippen molar-refractivity contribution < 1.29 is 27.1 Å². The van der Waals surface area contributed by atoms with E-state index in [1.165, 1.54) is 0 Å². The number of urea groups is 1. The van der Waals surface area contributed by atoms with Gasteiger partial charge in [-0.1, -0.05) is 0 Å². The molecule has 1 fully saturated rings. The smallest absolute Gasteiger partial charge is 0.376 e. The first kappa shape index (κ1) is 15.6. The van der Waals surface area contributed by atoms with Crippen LogP contribution in [0.2, 0.25) is 0 Å². The summed E-state index contributed by atoms with van der Waals surface area (Å²) >= 11 is 0. The standard InChI is InChI=1S/C13H14F4N2O2/c14-10-4-3-8(13(15,16)17)6-11(10)19-12(20)18-7-9-2-1-5-21-9/h3-4,6,9H,1-2,5,7H2,(H2,18,19,20). The second kappa shape index (κ2) is 6.30. The third-order valence-electron chi connectivity index (χ3n) is 3.06. The lowest BCUT2D eigenvalue weighted by molar-refractivity contribution is -0.137. The highest BCUT2D eigenvalue weighted by atomic mass is 19.4. The highest BCUT2D eigenvalue weighted by molar-refractivity contribution is 5.89. The molecule has 1 unspecified atom stereocenters. The number of alkyl halides is 3. The number of anilines is 1. The molecule has 1 heterocycles. The highest BCUT2D eigenvalue weighted by Gasteiger charge is 2.31. The second-order valence-electron chi connectivity index (χ2n) is 4.66. The number of ether oxygens (including phenoxy) is 1. The minimum absolute atomic E-state index is 0.109. The molecule has 21 heavy (non-hydrogen) atoms. The van der Waals surface area contributed by atoms with Crippen molar-refractivity contribution >= 4 is 11.7 Å². The Morgan fingerprint density at radius 1 is 1.38 bits per heavy atom. The molecule has 2 amide bonds. The van der Waals surface area contributed by atoms with Gasteiger partial charge < -0.3 is 15.4 Å². The summed E-state index contributed by atoms with van der Waals surface area (Å²) in [4.78, 5) is 11.6. The van der Waals surface area contributed by atoms with Gasteiger partial charge in [0.1, 0.15) is 5.82 Å². The van der Waals surface area contributed by atoms with Gasteiger partial charge in [-0.25, -0.2) is 9.18 Å². The number of nitrogens with one attached hydrogen (secondary N) is 2. The van der Waals surface area contributed by atoms with Gasteiger partial charge in [-0.3, -0.25) is 0 Å². The van der Waals surface area contributed by atoms with E-state index in [4.69, 9.17) is 4.74 Å². The zero-order chi connectivity index (χ0) is 15.5. The minimum Gasteiger partial charge on any atom is -0.376 e. The van der Waals surface area contributed by atoms with E-state index >= 15 is 0 Å². The number of amides is 2. The van der Waals surface area contributed by atoms with Gasteiger partial charge in [-0.15, -0.1) is 0 Å². The third kappa shape index (κ3) is 4.32. The summed E-state index contributed by atoms with van der Waals surface area (Å²) in [5.74, 6) is -0.935. The number of carbonyl (C=O) groups excluding carboxylic acids is 1. The molecule has 1 aromatic rings. The Bertz CT molecular complexity index is 513. The van der Waals surface area contributed by atoms with E-state index < -0.39 is 29.3 Å². The largest absolute Gasteiger partial charge is 0.416 e. The molecule has 1 saturated heterocycles. The molecule has 4 nitrogen and oxygen atoms in total. The van der Waals surface area contributed by atoms with Gasteiger partial charge in [-0.05, 0) is 31.0 Å². The Labute approximate surface area is 118 Å². The molecule has 8 heteroatoms. The summed E-state index contributed by atoms with van der Waals surface area (Å²) in [6.07, 6.45) is -3.01. The first-order chi connectivity index (χ1) is 9.86. The van der Waals surface area contributed by atoms with Gasteiger partial charge in [-0.2, -0.15) is 13.2 Å². The van der Waals surface area contributed by atoms with Crippen LogP contribution in [0.5, 0.6) is 0 Å². The van der Waals surface area contributed by atoms with E-state index in [2.05, 4.69) is 10.6 Å². The average molecular weight is 306 g/mol. The van der Waals surface area contributed by atoms with Gasteiger partial charge in [0.25, 0.3) is 0 Å². The molecule has 0 bridgehead atoms. The van der Waals surface area contributed by atoms with Crippen LogP contribution >= 0.6 is 0 Å². The van der Waals surface area contributed by atoms with E-state index in [1.54, 1.807) is 0 Å². The number of hydrogen-bond donors (Lipinski definition) is 2. The first-order valence-corrected chi connectivity index (χ1v) is 6.39. The fraction of sp³-hybridized carbons (Fsp3) is 0.462. The molecule has 0 aliphatic carbocycles. The van der Waals surface area contributed by atoms with Crippen molar-refractivity contribution in [3.05, 3.63) is 29.6 Å². The number of rotatable bonds is 3.